The average molecular weight is 1400 g/mol. The summed E-state index contributed by atoms with van der Waals surface area (Å²) < 4.78 is 34.1. The molecule has 100 heavy (non-hydrogen) atoms. The van der Waals surface area contributed by atoms with Gasteiger partial charge < -0.3 is 67.6 Å². The maximum Gasteiger partial charge on any atom is 0.324 e. The summed E-state index contributed by atoms with van der Waals surface area (Å²) in [5, 5.41) is 20.3. The van der Waals surface area contributed by atoms with Crippen LogP contribution in [-0.4, -0.2) is 196 Å². The van der Waals surface area contributed by atoms with Crippen molar-refractivity contribution in [1.82, 2.24) is 70.4 Å². The van der Waals surface area contributed by atoms with Crippen LogP contribution < -0.4 is 53.7 Å². The van der Waals surface area contributed by atoms with E-state index >= 15 is 0 Å². The van der Waals surface area contributed by atoms with Crippen LogP contribution in [0.5, 0.6) is 23.5 Å². The summed E-state index contributed by atoms with van der Waals surface area (Å²) in [5.74, 6) is 10.6. The smallest absolute Gasteiger partial charge is 0.324 e. The van der Waals surface area contributed by atoms with Crippen LogP contribution in [0.2, 0.25) is 0 Å². The minimum absolute atomic E-state index is 0. The van der Waals surface area contributed by atoms with Crippen LogP contribution in [0.3, 0.4) is 0 Å². The Morgan fingerprint density at radius 2 is 0.670 bits per heavy atom. The summed E-state index contributed by atoms with van der Waals surface area (Å²) in [4.78, 5) is 60.1. The molecule has 8 aliphatic rings. The summed E-state index contributed by atoms with van der Waals surface area (Å²) in [6.07, 6.45) is 40.3. The third-order valence-corrected chi connectivity index (χ3v) is 19.9. The number of hydrogen-bond acceptors (Lipinski definition) is 27. The molecule has 0 radical (unpaired) electrons. The van der Waals surface area contributed by atoms with Gasteiger partial charge >= 0.3 is 12.0 Å². The quantitative estimate of drug-likeness (QED) is 0.0695. The summed E-state index contributed by atoms with van der Waals surface area (Å²) >= 11 is 0. The maximum absolute atomic E-state index is 8.84. The van der Waals surface area contributed by atoms with E-state index in [1.54, 1.807) is 24.8 Å². The summed E-state index contributed by atoms with van der Waals surface area (Å²) in [6.45, 7) is 27.2. The highest BCUT2D eigenvalue weighted by atomic mass is 35.5. The number of nitrogens with zero attached hydrogens (tertiary/aromatic N) is 20. The number of hydrogen-bond donors (Lipinski definition) is 1. The van der Waals surface area contributed by atoms with E-state index in [0.717, 1.165) is 185 Å². The molecule has 0 amide bonds. The lowest BCUT2D eigenvalue weighted by Gasteiger charge is -2.30. The van der Waals surface area contributed by atoms with Crippen LogP contribution in [0.4, 0.5) is 35.3 Å². The number of ether oxygens (including phenoxy) is 4. The summed E-state index contributed by atoms with van der Waals surface area (Å²) in [5.41, 5.74) is 0. The first kappa shape index (κ1) is 76.3. The zero-order valence-corrected chi connectivity index (χ0v) is 60.0. The van der Waals surface area contributed by atoms with E-state index in [1.165, 1.54) is 89.9 Å². The van der Waals surface area contributed by atoms with Crippen molar-refractivity contribution in [1.29, 1.82) is 5.26 Å². The maximum atomic E-state index is 8.84. The van der Waals surface area contributed by atoms with Gasteiger partial charge in [0.1, 0.15) is 23.3 Å². The van der Waals surface area contributed by atoms with Gasteiger partial charge in [-0.3, -0.25) is 0 Å². The molecule has 0 saturated carbocycles. The van der Waals surface area contributed by atoms with Crippen LogP contribution in [0.15, 0.2) is 58.6 Å². The van der Waals surface area contributed by atoms with Crippen LogP contribution >= 0.6 is 12.4 Å². The number of anilines is 6. The number of aromatic nitrogens is 12. The molecule has 548 valence electrons. The van der Waals surface area contributed by atoms with E-state index in [4.69, 9.17) is 33.3 Å². The van der Waals surface area contributed by atoms with Gasteiger partial charge in [-0.15, -0.1) is 12.4 Å². The second-order valence-corrected chi connectivity index (χ2v) is 28.1. The Hall–Kier alpha value is -7.86. The van der Waals surface area contributed by atoms with Crippen LogP contribution in [0.25, 0.3) is 0 Å². The van der Waals surface area contributed by atoms with Crippen molar-refractivity contribution in [3.63, 3.8) is 0 Å². The topological polar surface area (TPSA) is 276 Å². The van der Waals surface area contributed by atoms with Gasteiger partial charge in [-0.25, -0.2) is 39.9 Å². The normalized spacial score (nSPS) is 19.0. The third kappa shape index (κ3) is 23.6. The van der Waals surface area contributed by atoms with E-state index in [9.17, 15) is 0 Å². The van der Waals surface area contributed by atoms with Gasteiger partial charge in [0.05, 0.1) is 76.0 Å². The van der Waals surface area contributed by atoms with E-state index < -0.39 is 0 Å². The highest BCUT2D eigenvalue weighted by Gasteiger charge is 2.28. The zero-order valence-electron chi connectivity index (χ0n) is 59.2. The SMILES string of the molecule is C.CC(C)c1noc(N2CCC(COc3cnc(N4CCCCC4)cn3)CC2)n1.CC(C)c1noc(N2CCC(COc3cnc(N4CCCCC4)cn3)CC2)n1.Cl.N#CN1CCC(COc2cnc(N3CCCCC3)cn2)CC1.c1nc(N2CCCCC2)cnc1OCC1CCNCC1. The molecule has 27 nitrogen and oxygen atoms in total. The molecule has 0 atom stereocenters. The molecule has 6 aromatic rings. The lowest BCUT2D eigenvalue weighted by atomic mass is 9.98. The Morgan fingerprint density at radius 3 is 0.920 bits per heavy atom. The molecule has 28 heteroatoms. The molecule has 6 aromatic heterocycles. The van der Waals surface area contributed by atoms with Crippen molar-refractivity contribution in [3.05, 3.63) is 61.2 Å². The van der Waals surface area contributed by atoms with Gasteiger partial charge in [0.2, 0.25) is 23.5 Å². The second kappa shape index (κ2) is 40.5. The number of nitriles is 1. The predicted octanol–water partition coefficient (Wildman–Crippen LogP) is 11.5. The lowest BCUT2D eigenvalue weighted by Crippen LogP contribution is -2.35. The molecule has 0 bridgehead atoms. The van der Waals surface area contributed by atoms with Crippen molar-refractivity contribution >= 4 is 47.7 Å². The summed E-state index contributed by atoms with van der Waals surface area (Å²) in [7, 11) is 0. The largest absolute Gasteiger partial charge is 0.476 e. The van der Waals surface area contributed by atoms with Gasteiger partial charge in [-0.1, -0.05) is 45.4 Å². The first-order valence-electron chi connectivity index (χ1n) is 37.0. The molecule has 0 spiro atoms. The van der Waals surface area contributed by atoms with Crippen LogP contribution in [0, 0.1) is 35.1 Å². The standard InChI is InChI=1S/2C20H30N6O2.C16H23N5O.C15H24N4O.CH4.ClH/c2*1-15(2)19-23-20(28-24-19)26-10-6-16(7-11-26)14-27-18-13-21-17(12-22-18)25-8-4-3-5-9-25;17-13-20-8-4-14(5-9-20)12-22-16-11-18-15(10-19-16)21-6-2-1-3-7-21;1-2-8-19(9-3-1)14-10-18-15(11-17-14)20-12-13-4-6-16-7-5-13;;/h2*12-13,15-16H,3-11,14H2,1-2H3;10-11,14H,1-9,12H2;10-11,13,16H,1-9,12H2;1H4;1H. The number of halogens is 1. The van der Waals surface area contributed by atoms with Gasteiger partial charge in [0.15, 0.2) is 17.8 Å². The Kier molecular flexibility index (Phi) is 30.9. The minimum Gasteiger partial charge on any atom is -0.476 e. The number of nitrogens with one attached hydrogen (secondary N) is 1. The number of rotatable bonds is 20. The van der Waals surface area contributed by atoms with E-state index in [1.807, 2.05) is 29.7 Å². The summed E-state index contributed by atoms with van der Waals surface area (Å²) in [6, 6.07) is 1.28. The molecule has 0 aliphatic carbocycles. The molecule has 1 N–H and O–H groups in total. The lowest BCUT2D eigenvalue weighted by molar-refractivity contribution is 0.171. The Balaban J connectivity index is 0.000000156. The molecule has 0 aromatic carbocycles. The van der Waals surface area contributed by atoms with E-state index in [2.05, 4.69) is 129 Å². The number of likely N-dealkylation sites (tertiary alicyclic amines) is 1. The fraction of sp³-hybridized carbons (Fsp3) is 0.708. The van der Waals surface area contributed by atoms with Crippen molar-refractivity contribution in [2.45, 2.75) is 175 Å². The van der Waals surface area contributed by atoms with Gasteiger partial charge in [-0.05, 0) is 165 Å². The first-order valence-corrected chi connectivity index (χ1v) is 37.0. The Morgan fingerprint density at radius 1 is 0.390 bits per heavy atom. The van der Waals surface area contributed by atoms with Crippen molar-refractivity contribution in [2.24, 2.45) is 23.7 Å². The highest BCUT2D eigenvalue weighted by molar-refractivity contribution is 5.85. The molecule has 14 rings (SSSR count). The fourth-order valence-electron chi connectivity index (χ4n) is 13.5. The molecular formula is C72H112ClN21O6. The van der Waals surface area contributed by atoms with Crippen LogP contribution in [0.1, 0.15) is 187 Å². The Labute approximate surface area is 599 Å². The molecular weight excluding hydrogens is 1290 g/mol. The van der Waals surface area contributed by atoms with Gasteiger partial charge in [0, 0.05) is 103 Å². The van der Waals surface area contributed by atoms with Crippen molar-refractivity contribution in [3.8, 4) is 29.7 Å². The predicted molar refractivity (Wildman–Crippen MR) is 390 cm³/mol. The molecule has 8 fully saturated rings. The second-order valence-electron chi connectivity index (χ2n) is 28.1. The fourth-order valence-corrected chi connectivity index (χ4v) is 13.5. The molecule has 0 unspecified atom stereocenters. The number of piperidine rings is 8. The van der Waals surface area contributed by atoms with Crippen molar-refractivity contribution in [2.75, 3.05) is 161 Å². The monoisotopic (exact) mass is 1400 g/mol. The first-order chi connectivity index (χ1) is 48.1. The zero-order chi connectivity index (χ0) is 67.5. The van der Waals surface area contributed by atoms with Crippen molar-refractivity contribution < 1.29 is 28.0 Å². The van der Waals surface area contributed by atoms with E-state index in [0.29, 0.717) is 79.0 Å². The highest BCUT2D eigenvalue weighted by Crippen LogP contribution is 2.29. The minimum atomic E-state index is 0. The molecule has 8 aliphatic heterocycles. The Bertz CT molecular complexity index is 3090. The van der Waals surface area contributed by atoms with E-state index in [-0.39, 0.29) is 31.7 Å². The third-order valence-electron chi connectivity index (χ3n) is 19.9. The molecule has 14 heterocycles. The van der Waals surface area contributed by atoms with Gasteiger partial charge in [-0.2, -0.15) is 15.2 Å². The van der Waals surface area contributed by atoms with Gasteiger partial charge in [0.25, 0.3) is 0 Å². The average Bonchev–Trinajstić information content (AvgIpc) is 1.67. The molecule has 8 saturated heterocycles. The van der Waals surface area contributed by atoms with Crippen LogP contribution in [-0.2, 0) is 0 Å².